The van der Waals surface area contributed by atoms with Crippen LogP contribution in [0.1, 0.15) is 187 Å². The fourth-order valence-corrected chi connectivity index (χ4v) is 30.5. The molecule has 3 aromatic heterocycles. The number of hydrogen-bond acceptors (Lipinski definition) is 12. The molecule has 0 spiro atoms. The van der Waals surface area contributed by atoms with Gasteiger partial charge in [-0.15, -0.1) is 0 Å². The highest BCUT2D eigenvalue weighted by Gasteiger charge is 2.34. The Balaban J connectivity index is 0.000000310. The summed E-state index contributed by atoms with van der Waals surface area (Å²) in [7, 11) is -6.46. The van der Waals surface area contributed by atoms with Crippen LogP contribution in [0.15, 0.2) is 110 Å². The van der Waals surface area contributed by atoms with E-state index in [4.69, 9.17) is 22.4 Å². The smallest absolute Gasteiger partial charge is 0.173 e. The normalized spacial score (nSPS) is 12.6. The Morgan fingerprint density at radius 2 is 0.716 bits per heavy atom. The summed E-state index contributed by atoms with van der Waals surface area (Å²) in [6.07, 6.45) is 36.8. The number of rotatable bonds is 45. The quantitative estimate of drug-likeness (QED) is 0.0267. The topological polar surface area (TPSA) is 123 Å². The van der Waals surface area contributed by atoms with Gasteiger partial charge in [-0.3, -0.25) is 0 Å². The molecule has 0 aliphatic heterocycles. The van der Waals surface area contributed by atoms with E-state index in [9.17, 15) is 0 Å². The fraction of sp³-hybridized carbons (Fsp3) is 0.620. The van der Waals surface area contributed by atoms with Crippen molar-refractivity contribution in [3.8, 4) is 51.4 Å². The molecule has 0 radical (unpaired) electrons. The summed E-state index contributed by atoms with van der Waals surface area (Å²) in [4.78, 5) is 26.7. The van der Waals surface area contributed by atoms with E-state index in [1.165, 1.54) is 132 Å². The summed E-state index contributed by atoms with van der Waals surface area (Å²) in [5.74, 6) is 10.1. The molecule has 6 aromatic rings. The molecule has 0 fully saturated rings. The molecule has 0 saturated carbocycles. The van der Waals surface area contributed by atoms with Gasteiger partial charge in [0.05, 0.1) is 19.8 Å². The number of nitrogens with zero attached hydrogens (tertiary/aromatic N) is 6. The number of aryl methyl sites for hydroxylation is 3. The largest absolute Gasteiger partial charge is 0.494 e. The van der Waals surface area contributed by atoms with Crippen LogP contribution in [0.3, 0.4) is 0 Å². The van der Waals surface area contributed by atoms with E-state index in [0.717, 1.165) is 138 Å². The van der Waals surface area contributed by atoms with E-state index in [0.29, 0.717) is 0 Å². The highest BCUT2D eigenvalue weighted by atomic mass is 32.2. The summed E-state index contributed by atoms with van der Waals surface area (Å²) >= 11 is 2.12. The molecule has 3 aromatic carbocycles. The van der Waals surface area contributed by atoms with Crippen molar-refractivity contribution < 1.29 is 22.4 Å². The minimum atomic E-state index is -1.67. The summed E-state index contributed by atoms with van der Waals surface area (Å²) in [5, 5.41) is 0. The van der Waals surface area contributed by atoms with Crippen LogP contribution < -0.4 is 14.2 Å². The van der Waals surface area contributed by atoms with Gasteiger partial charge in [-0.2, -0.15) is 11.8 Å². The Bertz CT molecular complexity index is 2900. The maximum atomic E-state index is 6.80. The van der Waals surface area contributed by atoms with Crippen LogP contribution in [0.5, 0.6) is 17.2 Å². The molecule has 3 heterocycles. The third-order valence-electron chi connectivity index (χ3n) is 17.6. The molecule has 528 valence electrons. The molecule has 95 heavy (non-hydrogen) atoms. The molecule has 0 aliphatic carbocycles. The lowest BCUT2D eigenvalue weighted by Gasteiger charge is -2.34. The summed E-state index contributed by atoms with van der Waals surface area (Å²) in [5.41, 5.74) is 6.44. The zero-order valence-corrected chi connectivity index (χ0v) is 67.6. The molecule has 2 unspecified atom stereocenters. The summed E-state index contributed by atoms with van der Waals surface area (Å²) in [6, 6.07) is 29.1. The Labute approximate surface area is 588 Å². The third kappa shape index (κ3) is 37.8. The molecule has 0 bridgehead atoms. The second kappa shape index (κ2) is 45.9. The van der Waals surface area contributed by atoms with Crippen LogP contribution in [0, 0.1) is 31.6 Å². The zero-order chi connectivity index (χ0) is 69.4. The fourth-order valence-electron chi connectivity index (χ4n) is 11.2. The molecular formula is C79H130N6O5SSi4. The van der Waals surface area contributed by atoms with Gasteiger partial charge in [0.25, 0.3) is 0 Å². The Hall–Kier alpha value is -4.56. The molecule has 11 nitrogen and oxygen atoms in total. The van der Waals surface area contributed by atoms with Gasteiger partial charge in [0, 0.05) is 53.9 Å². The van der Waals surface area contributed by atoms with Crippen molar-refractivity contribution in [3.05, 3.63) is 127 Å². The molecule has 0 N–H and O–H groups in total. The minimum absolute atomic E-state index is 0.730. The Morgan fingerprint density at radius 1 is 0.368 bits per heavy atom. The lowest BCUT2D eigenvalue weighted by Crippen LogP contribution is -2.44. The zero-order valence-electron chi connectivity index (χ0n) is 62.8. The van der Waals surface area contributed by atoms with Crippen molar-refractivity contribution in [2.24, 2.45) is 17.8 Å². The van der Waals surface area contributed by atoms with Crippen LogP contribution in [-0.2, 0) is 14.7 Å². The maximum absolute atomic E-state index is 6.80. The summed E-state index contributed by atoms with van der Waals surface area (Å²) in [6.45, 7) is 41.4. The van der Waals surface area contributed by atoms with Crippen molar-refractivity contribution in [3.63, 3.8) is 0 Å². The molecule has 0 amide bonds. The second-order valence-electron chi connectivity index (χ2n) is 29.7. The number of thioether (sulfide) groups is 1. The van der Waals surface area contributed by atoms with E-state index < -0.39 is 33.3 Å². The van der Waals surface area contributed by atoms with Crippen LogP contribution in [0.4, 0.5) is 0 Å². The van der Waals surface area contributed by atoms with Gasteiger partial charge in [0.2, 0.25) is 0 Å². The molecule has 6 rings (SSSR count). The van der Waals surface area contributed by atoms with Gasteiger partial charge in [-0.05, 0) is 254 Å². The average Bonchev–Trinajstić information content (AvgIpc) is 0.982. The lowest BCUT2D eigenvalue weighted by molar-refractivity contribution is 0.305. The van der Waals surface area contributed by atoms with Gasteiger partial charge in [-0.25, -0.2) is 29.9 Å². The number of ether oxygens (including phenoxy) is 3. The number of benzene rings is 3. The predicted octanol–water partition coefficient (Wildman–Crippen LogP) is 23.7. The number of unbranched alkanes of at least 4 members (excludes halogenated alkanes) is 10. The van der Waals surface area contributed by atoms with Crippen LogP contribution in [-0.4, -0.2) is 94.5 Å². The predicted molar refractivity (Wildman–Crippen MR) is 419 cm³/mol. The highest BCUT2D eigenvalue weighted by Crippen LogP contribution is 2.29. The monoisotopic (exact) mass is 1390 g/mol. The van der Waals surface area contributed by atoms with Gasteiger partial charge in [-0.1, -0.05) is 132 Å². The van der Waals surface area contributed by atoms with Crippen molar-refractivity contribution in [1.82, 2.24) is 29.9 Å². The van der Waals surface area contributed by atoms with Crippen LogP contribution in [0.25, 0.3) is 34.2 Å². The van der Waals surface area contributed by atoms with Crippen molar-refractivity contribution >= 4 is 45.0 Å². The van der Waals surface area contributed by atoms with E-state index in [1.807, 2.05) is 112 Å². The molecule has 0 saturated heterocycles. The van der Waals surface area contributed by atoms with Gasteiger partial charge in [0.15, 0.2) is 50.7 Å². The first-order valence-corrected chi connectivity index (χ1v) is 50.6. The Kier molecular flexibility index (Phi) is 40.0. The van der Waals surface area contributed by atoms with Crippen molar-refractivity contribution in [2.45, 2.75) is 267 Å². The average molecular weight is 1390 g/mol. The molecule has 16 heteroatoms. The van der Waals surface area contributed by atoms with Gasteiger partial charge >= 0.3 is 0 Å². The van der Waals surface area contributed by atoms with E-state index in [1.54, 1.807) is 0 Å². The second-order valence-corrected chi connectivity index (χ2v) is 48.6. The highest BCUT2D eigenvalue weighted by molar-refractivity contribution is 7.99. The lowest BCUT2D eigenvalue weighted by atomic mass is 10.1. The molecule has 2 atom stereocenters. The van der Waals surface area contributed by atoms with Crippen molar-refractivity contribution in [2.75, 3.05) is 31.3 Å². The van der Waals surface area contributed by atoms with Gasteiger partial charge < -0.3 is 22.4 Å². The number of hydrogen-bond donors (Lipinski definition) is 0. The van der Waals surface area contributed by atoms with E-state index >= 15 is 0 Å². The minimum Gasteiger partial charge on any atom is -0.494 e. The maximum Gasteiger partial charge on any atom is 0.173 e. The third-order valence-corrected chi connectivity index (χ3v) is 33.6. The first-order valence-electron chi connectivity index (χ1n) is 36.9. The number of aromatic nitrogens is 6. The van der Waals surface area contributed by atoms with E-state index in [-0.39, 0.29) is 0 Å². The van der Waals surface area contributed by atoms with Crippen LogP contribution >= 0.6 is 11.8 Å². The molecule has 0 aliphatic rings. The first kappa shape index (κ1) is 82.9. The van der Waals surface area contributed by atoms with Crippen molar-refractivity contribution in [1.29, 1.82) is 0 Å². The Morgan fingerprint density at radius 3 is 1.13 bits per heavy atom. The summed E-state index contributed by atoms with van der Waals surface area (Å²) < 4.78 is 31.4. The van der Waals surface area contributed by atoms with E-state index in [2.05, 4.69) is 155 Å². The first-order chi connectivity index (χ1) is 45.4. The van der Waals surface area contributed by atoms with Gasteiger partial charge in [0.1, 0.15) is 17.2 Å². The SMILES string of the molecule is CCC(C)CCSCCCCCCOc1ccc(-c2ncc(C)cn2)cc1.CCCCCCCCCCc1cnc(-c2ccc(OCCC[Si](C)(C)O[Si](C)(C)CCC(C)CC)cc2)nc1.Cc1cnc(-c2ccc(OCCC[Si](C)(C)O[Si](C)(C)CCC(C)C)cc2)nc1. The van der Waals surface area contributed by atoms with Crippen LogP contribution in [0.2, 0.25) is 76.6 Å². The molecular weight excluding hydrogens is 1260 g/mol. The standard InChI is InChI=1S/C33H58N2O2Si2.C23H38N2O2Si2.C23H34N2OS/c1-8-10-11-12-13-14-15-16-18-30-27-34-33(35-28-30)31-19-21-32(22-20-31)36-24-17-25-38(4,5)37-39(6,7)26-23-29(3)9-2;1-19(2)13-16-29(6,7)27-28(4,5)15-8-14-26-22-11-9-21(10-12-22)23-24-17-20(3)18-25-23;1-4-19(2)13-16-27-15-8-6-5-7-14-26-22-11-9-21(10-12-22)23-24-17-20(3)18-25-23/h19-22,27-29H,8-18,23-26H2,1-7H3;9-12,17-19H,8,13-16H2,1-7H3;9-12,17-19H,4-8,13-16H2,1-3H3.